The Balaban J connectivity index is 2.03. The molecule has 7 nitrogen and oxygen atoms in total. The number of nitrogens with zero attached hydrogens (tertiary/aromatic N) is 3. The molecule has 1 aliphatic rings. The Morgan fingerprint density at radius 3 is 2.68 bits per heavy atom. The summed E-state index contributed by atoms with van der Waals surface area (Å²) < 4.78 is 5.41. The van der Waals surface area contributed by atoms with Gasteiger partial charge in [-0.2, -0.15) is 0 Å². The van der Waals surface area contributed by atoms with E-state index in [0.717, 1.165) is 32.1 Å². The van der Waals surface area contributed by atoms with Crippen molar-refractivity contribution in [2.75, 3.05) is 26.3 Å². The largest absolute Gasteiger partial charge is 0.390 e. The van der Waals surface area contributed by atoms with Gasteiger partial charge in [0.25, 0.3) is 5.91 Å². The van der Waals surface area contributed by atoms with Crippen molar-refractivity contribution in [3.8, 4) is 0 Å². The Morgan fingerprint density at radius 1 is 1.12 bits per heavy atom. The third kappa shape index (κ3) is 6.68. The second-order valence-electron chi connectivity index (χ2n) is 6.60. The van der Waals surface area contributed by atoms with Crippen LogP contribution in [0.25, 0.3) is 0 Å². The Hall–Kier alpha value is -1.57. The van der Waals surface area contributed by atoms with Gasteiger partial charge in [0.15, 0.2) is 0 Å². The molecule has 0 aromatic carbocycles. The molecule has 2 heterocycles. The summed E-state index contributed by atoms with van der Waals surface area (Å²) in [6, 6.07) is 0. The molecule has 0 aliphatic carbocycles. The first-order valence-electron chi connectivity index (χ1n) is 9.09. The first kappa shape index (κ1) is 19.8. The quantitative estimate of drug-likeness (QED) is 0.792. The van der Waals surface area contributed by atoms with Crippen LogP contribution in [-0.4, -0.2) is 69.5 Å². The molecule has 1 aromatic rings. The molecule has 0 saturated carbocycles. The minimum Gasteiger partial charge on any atom is -0.390 e. The number of carbonyl (C=O) groups is 1. The number of aromatic nitrogens is 2. The van der Waals surface area contributed by atoms with Gasteiger partial charge in [-0.25, -0.2) is 4.98 Å². The summed E-state index contributed by atoms with van der Waals surface area (Å²) in [5.41, 5.74) is 1.01. The maximum Gasteiger partial charge on any atom is 0.274 e. The van der Waals surface area contributed by atoms with Crippen LogP contribution in [0.4, 0.5) is 0 Å². The van der Waals surface area contributed by atoms with Gasteiger partial charge in [0, 0.05) is 25.9 Å². The molecule has 1 amide bonds. The third-order valence-electron chi connectivity index (χ3n) is 4.41. The fourth-order valence-corrected chi connectivity index (χ4v) is 2.88. The molecule has 0 radical (unpaired) electrons. The standard InChI is InChI=1S/C18H29N3O4/c1-14-11-19-12-15(20-14)18(24)21-8-5-3-2-4-6-10-25-13-17(23)16(22)7-9-21/h11-12,16-17,22-23H,2-10,13H2,1H3/t16-,17+/m0/s1. The zero-order valence-corrected chi connectivity index (χ0v) is 14.9. The van der Waals surface area contributed by atoms with Gasteiger partial charge >= 0.3 is 0 Å². The molecule has 0 spiro atoms. The molecule has 0 unspecified atom stereocenters. The van der Waals surface area contributed by atoms with Crippen molar-refractivity contribution in [3.63, 3.8) is 0 Å². The number of aryl methyl sites for hydroxylation is 1. The number of amides is 1. The number of aliphatic hydroxyl groups excluding tert-OH is 2. The summed E-state index contributed by atoms with van der Waals surface area (Å²) in [7, 11) is 0. The number of hydrogen-bond donors (Lipinski definition) is 2. The van der Waals surface area contributed by atoms with Gasteiger partial charge in [-0.3, -0.25) is 9.78 Å². The molecule has 1 aliphatic heterocycles. The highest BCUT2D eigenvalue weighted by Crippen LogP contribution is 2.11. The van der Waals surface area contributed by atoms with E-state index in [1.54, 1.807) is 18.0 Å². The summed E-state index contributed by atoms with van der Waals surface area (Å²) in [6.07, 6.45) is 6.61. The number of hydrogen-bond acceptors (Lipinski definition) is 6. The Kier molecular flexibility index (Phi) is 8.24. The lowest BCUT2D eigenvalue weighted by atomic mass is 10.1. The number of ether oxygens (including phenoxy) is 1. The fourth-order valence-electron chi connectivity index (χ4n) is 2.88. The lowest BCUT2D eigenvalue weighted by Gasteiger charge is -2.25. The molecule has 2 atom stereocenters. The number of rotatable bonds is 1. The van der Waals surface area contributed by atoms with Crippen LogP contribution in [0.15, 0.2) is 12.4 Å². The van der Waals surface area contributed by atoms with Crippen molar-refractivity contribution in [2.24, 2.45) is 0 Å². The second kappa shape index (κ2) is 10.4. The molecule has 7 heteroatoms. The smallest absolute Gasteiger partial charge is 0.274 e. The van der Waals surface area contributed by atoms with E-state index in [2.05, 4.69) is 9.97 Å². The molecule has 1 fully saturated rings. The Morgan fingerprint density at radius 2 is 1.88 bits per heavy atom. The van der Waals surface area contributed by atoms with Gasteiger partial charge < -0.3 is 19.8 Å². The average molecular weight is 351 g/mol. The average Bonchev–Trinajstić information content (AvgIpc) is 2.61. The Bertz CT molecular complexity index is 541. The van der Waals surface area contributed by atoms with Crippen molar-refractivity contribution in [3.05, 3.63) is 23.8 Å². The third-order valence-corrected chi connectivity index (χ3v) is 4.41. The van der Waals surface area contributed by atoms with E-state index in [9.17, 15) is 15.0 Å². The van der Waals surface area contributed by atoms with Crippen LogP contribution in [0.1, 0.15) is 54.7 Å². The molecule has 2 N–H and O–H groups in total. The summed E-state index contributed by atoms with van der Waals surface area (Å²) in [4.78, 5) is 22.7. The van der Waals surface area contributed by atoms with Gasteiger partial charge in [0.05, 0.1) is 24.6 Å². The molecule has 2 rings (SSSR count). The summed E-state index contributed by atoms with van der Waals surface area (Å²) in [5.74, 6) is -0.179. The van der Waals surface area contributed by atoms with Crippen molar-refractivity contribution < 1.29 is 19.7 Å². The molecule has 140 valence electrons. The predicted octanol–water partition coefficient (Wildman–Crippen LogP) is 1.32. The first-order valence-corrected chi connectivity index (χ1v) is 9.09. The van der Waals surface area contributed by atoms with E-state index in [1.165, 1.54) is 6.20 Å². The molecule has 1 saturated heterocycles. The normalized spacial score (nSPS) is 24.5. The van der Waals surface area contributed by atoms with Gasteiger partial charge in [-0.05, 0) is 26.2 Å². The van der Waals surface area contributed by atoms with Crippen LogP contribution >= 0.6 is 0 Å². The van der Waals surface area contributed by atoms with E-state index in [0.29, 0.717) is 37.5 Å². The zero-order chi connectivity index (χ0) is 18.1. The van der Waals surface area contributed by atoms with Crippen LogP contribution in [0.5, 0.6) is 0 Å². The van der Waals surface area contributed by atoms with Crippen molar-refractivity contribution in [1.82, 2.24) is 14.9 Å². The monoisotopic (exact) mass is 351 g/mol. The van der Waals surface area contributed by atoms with Crippen LogP contribution in [0.3, 0.4) is 0 Å². The van der Waals surface area contributed by atoms with E-state index >= 15 is 0 Å². The summed E-state index contributed by atoms with van der Waals surface area (Å²) in [5, 5.41) is 20.1. The summed E-state index contributed by atoms with van der Waals surface area (Å²) >= 11 is 0. The minimum absolute atomic E-state index is 0.123. The van der Waals surface area contributed by atoms with Crippen LogP contribution in [0.2, 0.25) is 0 Å². The molecule has 0 bridgehead atoms. The highest BCUT2D eigenvalue weighted by atomic mass is 16.5. The Labute approximate surface area is 149 Å². The van der Waals surface area contributed by atoms with Crippen LogP contribution < -0.4 is 0 Å². The minimum atomic E-state index is -0.932. The maximum absolute atomic E-state index is 12.7. The zero-order valence-electron chi connectivity index (χ0n) is 14.9. The van der Waals surface area contributed by atoms with Gasteiger partial charge in [0.2, 0.25) is 0 Å². The second-order valence-corrected chi connectivity index (χ2v) is 6.60. The topological polar surface area (TPSA) is 95.8 Å². The van der Waals surface area contributed by atoms with Crippen molar-refractivity contribution >= 4 is 5.91 Å². The summed E-state index contributed by atoms with van der Waals surface area (Å²) in [6.45, 7) is 3.52. The maximum atomic E-state index is 12.7. The lowest BCUT2D eigenvalue weighted by molar-refractivity contribution is -0.0434. The lowest BCUT2D eigenvalue weighted by Crippen LogP contribution is -2.38. The fraction of sp³-hybridized carbons (Fsp3) is 0.722. The van der Waals surface area contributed by atoms with E-state index in [4.69, 9.17) is 4.74 Å². The number of aliphatic hydroxyl groups is 2. The van der Waals surface area contributed by atoms with E-state index in [1.807, 2.05) is 0 Å². The van der Waals surface area contributed by atoms with E-state index < -0.39 is 12.2 Å². The van der Waals surface area contributed by atoms with Gasteiger partial charge in [0.1, 0.15) is 11.8 Å². The van der Waals surface area contributed by atoms with Crippen molar-refractivity contribution in [1.29, 1.82) is 0 Å². The highest BCUT2D eigenvalue weighted by Gasteiger charge is 2.22. The predicted molar refractivity (Wildman–Crippen MR) is 93.2 cm³/mol. The molecular weight excluding hydrogens is 322 g/mol. The molecule has 1 aromatic heterocycles. The SMILES string of the molecule is Cc1cncc(C(=O)N2CCCCCCCOC[C@@H](O)[C@@H](O)CC2)n1. The van der Waals surface area contributed by atoms with Crippen LogP contribution in [-0.2, 0) is 4.74 Å². The van der Waals surface area contributed by atoms with Crippen molar-refractivity contribution in [2.45, 2.75) is 57.7 Å². The highest BCUT2D eigenvalue weighted by molar-refractivity contribution is 5.92. The first-order chi connectivity index (χ1) is 12.1. The number of carbonyl (C=O) groups excluding carboxylic acids is 1. The van der Waals surface area contributed by atoms with Crippen LogP contribution in [0, 0.1) is 6.92 Å². The van der Waals surface area contributed by atoms with E-state index in [-0.39, 0.29) is 12.5 Å². The van der Waals surface area contributed by atoms with Gasteiger partial charge in [-0.1, -0.05) is 19.3 Å². The molecular formula is C18H29N3O4. The van der Waals surface area contributed by atoms with Gasteiger partial charge in [-0.15, -0.1) is 0 Å². The molecule has 25 heavy (non-hydrogen) atoms.